The fourth-order valence-corrected chi connectivity index (χ4v) is 0.673. The van der Waals surface area contributed by atoms with E-state index < -0.39 is 0 Å². The van der Waals surface area contributed by atoms with Crippen molar-refractivity contribution in [2.24, 2.45) is 9.98 Å². The van der Waals surface area contributed by atoms with Crippen molar-refractivity contribution in [3.05, 3.63) is 0 Å². The Hall–Kier alpha value is -1.06. The van der Waals surface area contributed by atoms with E-state index in [1.54, 1.807) is 0 Å². The molecule has 0 radical (unpaired) electrons. The standard InChI is InChI=1S/C7H8N2/c1-2-3-7-4-5-8-6-9-7/h7H,2-3H2,1H3. The monoisotopic (exact) mass is 120 g/mol. The van der Waals surface area contributed by atoms with Gasteiger partial charge in [-0.3, -0.25) is 0 Å². The van der Waals surface area contributed by atoms with Gasteiger partial charge >= 0.3 is 0 Å². The molecule has 1 aliphatic heterocycles. The van der Waals surface area contributed by atoms with E-state index in [2.05, 4.69) is 34.9 Å². The molecule has 1 aliphatic rings. The summed E-state index contributed by atoms with van der Waals surface area (Å²) < 4.78 is 0. The van der Waals surface area contributed by atoms with Crippen molar-refractivity contribution in [3.63, 3.8) is 0 Å². The number of hydrogen-bond donors (Lipinski definition) is 0. The summed E-state index contributed by atoms with van der Waals surface area (Å²) in [5, 5.41) is 0. The number of nitrogens with zero attached hydrogens (tertiary/aromatic N) is 2. The van der Waals surface area contributed by atoms with E-state index in [0.717, 1.165) is 12.8 Å². The average molecular weight is 120 g/mol. The molecule has 0 aliphatic carbocycles. The van der Waals surface area contributed by atoms with Crippen LogP contribution in [0, 0.1) is 12.0 Å². The highest BCUT2D eigenvalue weighted by molar-refractivity contribution is 5.47. The second kappa shape index (κ2) is 3.06. The second-order valence-electron chi connectivity index (χ2n) is 1.90. The molecule has 0 aromatic heterocycles. The van der Waals surface area contributed by atoms with Gasteiger partial charge in [0, 0.05) is 6.04 Å². The maximum atomic E-state index is 3.93. The van der Waals surface area contributed by atoms with Gasteiger partial charge in [-0.2, -0.15) is 0 Å². The molecule has 0 aromatic rings. The Labute approximate surface area is 54.7 Å². The van der Waals surface area contributed by atoms with Crippen molar-refractivity contribution in [1.82, 2.24) is 0 Å². The largest absolute Gasteiger partial charge is 0.208 e. The van der Waals surface area contributed by atoms with Crippen LogP contribution in [0.3, 0.4) is 0 Å². The first kappa shape index (κ1) is 6.07. The minimum Gasteiger partial charge on any atom is -0.208 e. The second-order valence-corrected chi connectivity index (χ2v) is 1.90. The molecule has 0 saturated heterocycles. The van der Waals surface area contributed by atoms with Crippen molar-refractivity contribution in [2.45, 2.75) is 25.8 Å². The van der Waals surface area contributed by atoms with Gasteiger partial charge in [0.1, 0.15) is 12.1 Å². The van der Waals surface area contributed by atoms with Gasteiger partial charge in [0.15, 0.2) is 0 Å². The molecule has 46 valence electrons. The van der Waals surface area contributed by atoms with Crippen LogP contribution in [0.2, 0.25) is 0 Å². The molecule has 2 heteroatoms. The average Bonchev–Trinajstić information content (AvgIpc) is 1.91. The molecule has 0 amide bonds. The minimum atomic E-state index is 0.160. The van der Waals surface area contributed by atoms with Gasteiger partial charge in [-0.1, -0.05) is 13.3 Å². The zero-order valence-electron chi connectivity index (χ0n) is 5.39. The van der Waals surface area contributed by atoms with Gasteiger partial charge in [-0.05, 0) is 12.3 Å². The van der Waals surface area contributed by atoms with Crippen LogP contribution < -0.4 is 0 Å². The summed E-state index contributed by atoms with van der Waals surface area (Å²) in [4.78, 5) is 7.46. The maximum Gasteiger partial charge on any atom is 0.123 e. The van der Waals surface area contributed by atoms with Crippen molar-refractivity contribution in [3.8, 4) is 12.0 Å². The van der Waals surface area contributed by atoms with Crippen LogP contribution in [0.1, 0.15) is 19.8 Å². The Morgan fingerprint density at radius 1 is 1.56 bits per heavy atom. The third-order valence-corrected chi connectivity index (χ3v) is 1.11. The van der Waals surface area contributed by atoms with Crippen molar-refractivity contribution in [1.29, 1.82) is 0 Å². The van der Waals surface area contributed by atoms with E-state index in [1.165, 1.54) is 0 Å². The third kappa shape index (κ3) is 1.71. The molecule has 0 spiro atoms. The highest BCUT2D eigenvalue weighted by atomic mass is 14.8. The van der Waals surface area contributed by atoms with Crippen LogP contribution >= 0.6 is 0 Å². The highest BCUT2D eigenvalue weighted by Crippen LogP contribution is 1.99. The van der Waals surface area contributed by atoms with Gasteiger partial charge in [-0.25, -0.2) is 4.99 Å². The molecule has 9 heavy (non-hydrogen) atoms. The van der Waals surface area contributed by atoms with Crippen LogP contribution in [0.25, 0.3) is 0 Å². The lowest BCUT2D eigenvalue weighted by Gasteiger charge is -1.98. The topological polar surface area (TPSA) is 24.7 Å². The first-order chi connectivity index (χ1) is 4.43. The van der Waals surface area contributed by atoms with Crippen molar-refractivity contribution >= 4 is 6.01 Å². The van der Waals surface area contributed by atoms with Gasteiger partial charge < -0.3 is 0 Å². The number of hydrogen-bond acceptors (Lipinski definition) is 2. The molecule has 0 aromatic carbocycles. The van der Waals surface area contributed by atoms with Crippen LogP contribution in [-0.2, 0) is 0 Å². The molecule has 1 heterocycles. The molecule has 2 nitrogen and oxygen atoms in total. The molecule has 1 rings (SSSR count). The molecule has 1 unspecified atom stereocenters. The fraction of sp³-hybridized carbons (Fsp3) is 0.571. The Morgan fingerprint density at radius 2 is 2.44 bits per heavy atom. The first-order valence-electron chi connectivity index (χ1n) is 3.08. The summed E-state index contributed by atoms with van der Waals surface area (Å²) in [5.74, 6) is 2.87. The Bertz CT molecular complexity index is 201. The van der Waals surface area contributed by atoms with Crippen molar-refractivity contribution < 1.29 is 0 Å². The fourth-order valence-electron chi connectivity index (χ4n) is 0.673. The van der Waals surface area contributed by atoms with Gasteiger partial charge in [0.25, 0.3) is 0 Å². The third-order valence-electron chi connectivity index (χ3n) is 1.11. The Balaban J connectivity index is 2.48. The van der Waals surface area contributed by atoms with Gasteiger partial charge in [0.2, 0.25) is 0 Å². The molecule has 0 saturated carbocycles. The van der Waals surface area contributed by atoms with E-state index >= 15 is 0 Å². The molecule has 0 N–H and O–H groups in total. The van der Waals surface area contributed by atoms with E-state index in [-0.39, 0.29) is 6.04 Å². The number of aliphatic imine (C=N–C) groups is 2. The zero-order chi connectivity index (χ0) is 6.53. The summed E-state index contributed by atoms with van der Waals surface area (Å²) in [6.45, 7) is 2.11. The van der Waals surface area contributed by atoms with Gasteiger partial charge in [-0.15, -0.1) is 4.99 Å². The zero-order valence-corrected chi connectivity index (χ0v) is 5.39. The summed E-state index contributed by atoms with van der Waals surface area (Å²) in [7, 11) is 0. The highest BCUT2D eigenvalue weighted by Gasteiger charge is 1.99. The summed E-state index contributed by atoms with van der Waals surface area (Å²) >= 11 is 0. The Kier molecular flexibility index (Phi) is 2.06. The van der Waals surface area contributed by atoms with Crippen LogP contribution in [-0.4, -0.2) is 12.1 Å². The Morgan fingerprint density at radius 3 is 3.00 bits per heavy atom. The molecular formula is C7H8N2. The van der Waals surface area contributed by atoms with Crippen LogP contribution in [0.15, 0.2) is 9.98 Å². The first-order valence-corrected chi connectivity index (χ1v) is 3.08. The summed E-state index contributed by atoms with van der Waals surface area (Å²) in [5.41, 5.74) is 0. The lowest BCUT2D eigenvalue weighted by Crippen LogP contribution is -2.00. The molecule has 0 bridgehead atoms. The molecule has 1 atom stereocenters. The van der Waals surface area contributed by atoms with Crippen molar-refractivity contribution in [2.75, 3.05) is 0 Å². The predicted octanol–water partition coefficient (Wildman–Crippen LogP) is 1.30. The maximum absolute atomic E-state index is 3.93. The lowest BCUT2D eigenvalue weighted by atomic mass is 10.2. The summed E-state index contributed by atoms with van der Waals surface area (Å²) in [6.07, 6.45) is 2.14. The van der Waals surface area contributed by atoms with E-state index in [0.29, 0.717) is 0 Å². The molecule has 0 fully saturated rings. The SMILES string of the molecule is CCCC1C#CN=C=N1. The van der Waals surface area contributed by atoms with Gasteiger partial charge in [0.05, 0.1) is 0 Å². The van der Waals surface area contributed by atoms with E-state index in [1.807, 2.05) is 0 Å². The molecular weight excluding hydrogens is 112 g/mol. The smallest absolute Gasteiger partial charge is 0.123 e. The summed E-state index contributed by atoms with van der Waals surface area (Å²) in [6, 6.07) is 5.25. The van der Waals surface area contributed by atoms with Crippen LogP contribution in [0.5, 0.6) is 0 Å². The lowest BCUT2D eigenvalue weighted by molar-refractivity contribution is 0.723. The van der Waals surface area contributed by atoms with Crippen LogP contribution in [0.4, 0.5) is 0 Å². The predicted molar refractivity (Wildman–Crippen MR) is 36.3 cm³/mol. The van der Waals surface area contributed by atoms with E-state index in [9.17, 15) is 0 Å². The normalized spacial score (nSPS) is 21.2. The quantitative estimate of drug-likeness (QED) is 0.491. The minimum absolute atomic E-state index is 0.160. The van der Waals surface area contributed by atoms with E-state index in [4.69, 9.17) is 0 Å². The number of rotatable bonds is 2.